The van der Waals surface area contributed by atoms with Gasteiger partial charge in [-0.1, -0.05) is 6.42 Å². The van der Waals surface area contributed by atoms with Crippen LogP contribution in [-0.2, 0) is 4.79 Å². The van der Waals surface area contributed by atoms with Crippen LogP contribution in [0.25, 0.3) is 0 Å². The highest BCUT2D eigenvalue weighted by atomic mass is 35.5. The van der Waals surface area contributed by atoms with Crippen molar-refractivity contribution in [3.05, 3.63) is 0 Å². The summed E-state index contributed by atoms with van der Waals surface area (Å²) in [6.45, 7) is 5.95. The van der Waals surface area contributed by atoms with E-state index in [2.05, 4.69) is 19.2 Å². The van der Waals surface area contributed by atoms with Gasteiger partial charge in [-0.3, -0.25) is 4.79 Å². The van der Waals surface area contributed by atoms with Crippen molar-refractivity contribution >= 4 is 30.7 Å². The number of rotatable bonds is 2. The Morgan fingerprint density at radius 2 is 1.79 bits per heavy atom. The first-order valence-electron chi connectivity index (χ1n) is 6.85. The summed E-state index contributed by atoms with van der Waals surface area (Å²) in [7, 11) is 0. The third-order valence-electron chi connectivity index (χ3n) is 4.06. The van der Waals surface area contributed by atoms with Gasteiger partial charge in [0.1, 0.15) is 0 Å². The zero-order valence-electron chi connectivity index (χ0n) is 11.8. The van der Waals surface area contributed by atoms with Crippen LogP contribution in [-0.4, -0.2) is 42.0 Å². The molecule has 19 heavy (non-hydrogen) atoms. The molecule has 1 saturated carbocycles. The Morgan fingerprint density at radius 1 is 1.21 bits per heavy atom. The van der Waals surface area contributed by atoms with Gasteiger partial charge in [-0.25, -0.2) is 0 Å². The summed E-state index contributed by atoms with van der Waals surface area (Å²) in [6.07, 6.45) is 4.06. The number of carbonyl (C=O) groups excluding carboxylic acids is 1. The number of hydrogen-bond donors (Lipinski definition) is 2. The average Bonchev–Trinajstić information content (AvgIpc) is 2.63. The highest BCUT2D eigenvalue weighted by Crippen LogP contribution is 2.27. The molecule has 6 heteroatoms. The summed E-state index contributed by atoms with van der Waals surface area (Å²) < 4.78 is 0. The fraction of sp³-hybridized carbons (Fsp3) is 0.923. The molecule has 0 radical (unpaired) electrons. The minimum atomic E-state index is 0. The molecule has 0 bridgehead atoms. The lowest BCUT2D eigenvalue weighted by molar-refractivity contribution is -0.134. The molecule has 2 aliphatic rings. The van der Waals surface area contributed by atoms with E-state index in [-0.39, 0.29) is 30.9 Å². The number of halogens is 2. The summed E-state index contributed by atoms with van der Waals surface area (Å²) in [6, 6.07) is 1.05. The van der Waals surface area contributed by atoms with Crippen molar-refractivity contribution in [3.8, 4) is 0 Å². The van der Waals surface area contributed by atoms with Gasteiger partial charge < -0.3 is 16.0 Å². The predicted molar refractivity (Wildman–Crippen MR) is 83.1 cm³/mol. The van der Waals surface area contributed by atoms with Crippen LogP contribution in [0.1, 0.15) is 39.5 Å². The number of nitrogens with two attached hydrogens (primary N) is 1. The molecular formula is C13H27Cl2N3O. The van der Waals surface area contributed by atoms with Gasteiger partial charge in [0.05, 0.1) is 0 Å². The second kappa shape index (κ2) is 8.30. The molecule has 4 atom stereocenters. The molecule has 3 N–H and O–H groups in total. The van der Waals surface area contributed by atoms with Gasteiger partial charge in [0.25, 0.3) is 0 Å². The SMILES string of the molecule is CC1CN(C(=O)C[C@@H]2CCC[C@H]2N)CC(C)N1.Cl.Cl. The fourth-order valence-electron chi connectivity index (χ4n) is 3.20. The first-order valence-corrected chi connectivity index (χ1v) is 6.85. The second-order valence-corrected chi connectivity index (χ2v) is 5.83. The summed E-state index contributed by atoms with van der Waals surface area (Å²) in [4.78, 5) is 14.2. The smallest absolute Gasteiger partial charge is 0.223 e. The summed E-state index contributed by atoms with van der Waals surface area (Å²) >= 11 is 0. The average molecular weight is 312 g/mol. The highest BCUT2D eigenvalue weighted by molar-refractivity contribution is 5.85. The molecule has 0 spiro atoms. The van der Waals surface area contributed by atoms with E-state index in [1.807, 2.05) is 4.90 Å². The van der Waals surface area contributed by atoms with Crippen LogP contribution in [0.3, 0.4) is 0 Å². The van der Waals surface area contributed by atoms with E-state index in [1.165, 1.54) is 6.42 Å². The van der Waals surface area contributed by atoms with Crippen LogP contribution >= 0.6 is 24.8 Å². The largest absolute Gasteiger partial charge is 0.340 e. The first-order chi connectivity index (χ1) is 8.06. The number of hydrogen-bond acceptors (Lipinski definition) is 3. The van der Waals surface area contributed by atoms with Crippen LogP contribution in [0, 0.1) is 5.92 Å². The predicted octanol–water partition coefficient (Wildman–Crippen LogP) is 1.56. The van der Waals surface area contributed by atoms with Gasteiger partial charge in [0, 0.05) is 37.6 Å². The number of nitrogens with one attached hydrogen (secondary N) is 1. The van der Waals surface area contributed by atoms with Crippen LogP contribution in [0.2, 0.25) is 0 Å². The molecule has 0 aromatic heterocycles. The Balaban J connectivity index is 0.00000162. The van der Waals surface area contributed by atoms with Crippen LogP contribution in [0.5, 0.6) is 0 Å². The number of amides is 1. The molecule has 1 aliphatic heterocycles. The van der Waals surface area contributed by atoms with Gasteiger partial charge in [0.15, 0.2) is 0 Å². The molecule has 4 nitrogen and oxygen atoms in total. The summed E-state index contributed by atoms with van der Waals surface area (Å²) in [5.41, 5.74) is 6.03. The van der Waals surface area contributed by atoms with E-state index < -0.39 is 0 Å². The van der Waals surface area contributed by atoms with Gasteiger partial charge in [-0.2, -0.15) is 0 Å². The lowest BCUT2D eigenvalue weighted by atomic mass is 9.99. The molecule has 0 aromatic rings. The summed E-state index contributed by atoms with van der Waals surface area (Å²) in [5, 5.41) is 3.45. The van der Waals surface area contributed by atoms with Crippen molar-refractivity contribution < 1.29 is 4.79 Å². The van der Waals surface area contributed by atoms with Gasteiger partial charge in [0.2, 0.25) is 5.91 Å². The maximum atomic E-state index is 12.2. The molecule has 2 unspecified atom stereocenters. The minimum Gasteiger partial charge on any atom is -0.340 e. The lowest BCUT2D eigenvalue weighted by Gasteiger charge is -2.36. The Morgan fingerprint density at radius 3 is 2.26 bits per heavy atom. The van der Waals surface area contributed by atoms with E-state index in [1.54, 1.807) is 0 Å². The Hall–Kier alpha value is -0.0300. The molecule has 2 fully saturated rings. The minimum absolute atomic E-state index is 0. The van der Waals surface area contributed by atoms with Gasteiger partial charge in [-0.05, 0) is 32.6 Å². The molecule has 1 heterocycles. The zero-order chi connectivity index (χ0) is 12.4. The maximum absolute atomic E-state index is 12.2. The van der Waals surface area contributed by atoms with Crippen LogP contribution in [0.4, 0.5) is 0 Å². The van der Waals surface area contributed by atoms with Crippen molar-refractivity contribution in [2.45, 2.75) is 57.7 Å². The van der Waals surface area contributed by atoms with Crippen LogP contribution in [0.15, 0.2) is 0 Å². The van der Waals surface area contributed by atoms with E-state index in [0.717, 1.165) is 25.9 Å². The monoisotopic (exact) mass is 311 g/mol. The first kappa shape index (κ1) is 19.0. The maximum Gasteiger partial charge on any atom is 0.223 e. The van der Waals surface area contributed by atoms with Gasteiger partial charge in [-0.15, -0.1) is 24.8 Å². The molecule has 1 amide bonds. The van der Waals surface area contributed by atoms with Crippen molar-refractivity contribution in [2.75, 3.05) is 13.1 Å². The van der Waals surface area contributed by atoms with E-state index in [4.69, 9.17) is 5.73 Å². The molecule has 1 saturated heterocycles. The number of piperazine rings is 1. The normalized spacial score (nSPS) is 34.4. The molecular weight excluding hydrogens is 285 g/mol. The Labute approximate surface area is 128 Å². The zero-order valence-corrected chi connectivity index (χ0v) is 13.4. The lowest BCUT2D eigenvalue weighted by Crippen LogP contribution is -2.56. The van der Waals surface area contributed by atoms with E-state index in [9.17, 15) is 4.79 Å². The fourth-order valence-corrected chi connectivity index (χ4v) is 3.20. The second-order valence-electron chi connectivity index (χ2n) is 5.83. The van der Waals surface area contributed by atoms with E-state index >= 15 is 0 Å². The van der Waals surface area contributed by atoms with Crippen LogP contribution < -0.4 is 11.1 Å². The highest BCUT2D eigenvalue weighted by Gasteiger charge is 2.30. The quantitative estimate of drug-likeness (QED) is 0.813. The Bertz CT molecular complexity index is 281. The van der Waals surface area contributed by atoms with Crippen molar-refractivity contribution in [3.63, 3.8) is 0 Å². The number of nitrogens with zero attached hydrogens (tertiary/aromatic N) is 1. The summed E-state index contributed by atoms with van der Waals surface area (Å²) in [5.74, 6) is 0.718. The van der Waals surface area contributed by atoms with Gasteiger partial charge >= 0.3 is 0 Å². The molecule has 2 rings (SSSR count). The van der Waals surface area contributed by atoms with Crippen molar-refractivity contribution in [1.82, 2.24) is 10.2 Å². The number of carbonyl (C=O) groups is 1. The van der Waals surface area contributed by atoms with Crippen molar-refractivity contribution in [1.29, 1.82) is 0 Å². The molecule has 0 aromatic carbocycles. The van der Waals surface area contributed by atoms with Crippen molar-refractivity contribution in [2.24, 2.45) is 11.7 Å². The molecule has 1 aliphatic carbocycles. The topological polar surface area (TPSA) is 58.4 Å². The Kier molecular flexibility index (Phi) is 8.29. The molecule has 114 valence electrons. The third kappa shape index (κ3) is 5.10. The van der Waals surface area contributed by atoms with E-state index in [0.29, 0.717) is 30.3 Å². The third-order valence-corrected chi connectivity index (χ3v) is 4.06. The standard InChI is InChI=1S/C13H25N3O.2ClH/c1-9-7-16(8-10(2)15-9)13(17)6-11-4-3-5-12(11)14;;/h9-12,15H,3-8,14H2,1-2H3;2*1H/t9?,10?,11-,12+;;/m0../s1.